The lowest BCUT2D eigenvalue weighted by molar-refractivity contribution is 0.0696. The molecule has 232 valence electrons. The fourth-order valence-corrected chi connectivity index (χ4v) is 5.66. The van der Waals surface area contributed by atoms with Crippen molar-refractivity contribution in [2.45, 2.75) is 32.9 Å². The number of aromatic carboxylic acids is 1. The van der Waals surface area contributed by atoms with Crippen LogP contribution in [-0.2, 0) is 17.8 Å². The number of nitrogens with zero attached hydrogens (tertiary/aromatic N) is 3. The van der Waals surface area contributed by atoms with Crippen molar-refractivity contribution in [3.05, 3.63) is 111 Å². The lowest BCUT2D eigenvalue weighted by Crippen LogP contribution is -2.27. The molecule has 3 aromatic carbocycles. The fraction of sp³-hybridized carbons (Fsp3) is 0.242. The highest BCUT2D eigenvalue weighted by molar-refractivity contribution is 6.30. The summed E-state index contributed by atoms with van der Waals surface area (Å²) in [6.07, 6.45) is -0.343. The Morgan fingerprint density at radius 1 is 1.02 bits per heavy atom. The molecule has 0 unspecified atom stereocenters. The first-order valence-corrected chi connectivity index (χ1v) is 14.3. The summed E-state index contributed by atoms with van der Waals surface area (Å²) in [5.41, 5.74) is -0.346. The molecule has 1 fully saturated rings. The number of pyridine rings is 1. The van der Waals surface area contributed by atoms with E-state index in [-0.39, 0.29) is 75.3 Å². The van der Waals surface area contributed by atoms with E-state index in [0.717, 1.165) is 18.2 Å². The van der Waals surface area contributed by atoms with Crippen LogP contribution in [0.5, 0.6) is 5.88 Å². The van der Waals surface area contributed by atoms with Gasteiger partial charge in [0, 0.05) is 39.6 Å². The van der Waals surface area contributed by atoms with E-state index >= 15 is 13.2 Å². The van der Waals surface area contributed by atoms with E-state index in [2.05, 4.69) is 9.97 Å². The van der Waals surface area contributed by atoms with Crippen LogP contribution in [0.25, 0.3) is 22.3 Å². The predicted molar refractivity (Wildman–Crippen MR) is 158 cm³/mol. The molecule has 0 bridgehead atoms. The average molecular weight is 640 g/mol. The van der Waals surface area contributed by atoms with Gasteiger partial charge in [0.05, 0.1) is 36.0 Å². The summed E-state index contributed by atoms with van der Waals surface area (Å²) in [7, 11) is 0. The maximum Gasteiger partial charge on any atom is 0.335 e. The molecule has 45 heavy (non-hydrogen) atoms. The zero-order valence-corrected chi connectivity index (χ0v) is 24.8. The summed E-state index contributed by atoms with van der Waals surface area (Å²) in [5.74, 6) is -4.21. The molecule has 1 aliphatic heterocycles. The van der Waals surface area contributed by atoms with Crippen LogP contribution in [0.15, 0.2) is 60.7 Å². The van der Waals surface area contributed by atoms with E-state index in [1.165, 1.54) is 30.3 Å². The van der Waals surface area contributed by atoms with Gasteiger partial charge in [-0.1, -0.05) is 37.6 Å². The number of imidazole rings is 1. The van der Waals surface area contributed by atoms with E-state index in [4.69, 9.17) is 21.1 Å². The van der Waals surface area contributed by atoms with Crippen LogP contribution in [0.3, 0.4) is 0 Å². The Balaban J connectivity index is 1.33. The Morgan fingerprint density at radius 2 is 1.78 bits per heavy atom. The predicted octanol–water partition coefficient (Wildman–Crippen LogP) is 7.77. The molecule has 0 saturated carbocycles. The molecule has 0 spiro atoms. The largest absolute Gasteiger partial charge is 0.478 e. The van der Waals surface area contributed by atoms with E-state index in [0.29, 0.717) is 6.61 Å². The number of aromatic nitrogens is 3. The Morgan fingerprint density at radius 3 is 2.44 bits per heavy atom. The lowest BCUT2D eigenvalue weighted by Gasteiger charge is -2.28. The highest BCUT2D eigenvalue weighted by Crippen LogP contribution is 2.41. The summed E-state index contributed by atoms with van der Waals surface area (Å²) < 4.78 is 73.4. The minimum Gasteiger partial charge on any atom is -0.478 e. The molecule has 3 heterocycles. The number of halogens is 5. The Bertz CT molecular complexity index is 1940. The second-order valence-corrected chi connectivity index (χ2v) is 12.0. The van der Waals surface area contributed by atoms with Crippen LogP contribution >= 0.6 is 11.6 Å². The first-order valence-electron chi connectivity index (χ1n) is 13.9. The van der Waals surface area contributed by atoms with Gasteiger partial charge >= 0.3 is 5.97 Å². The Labute approximate surface area is 260 Å². The molecule has 6 rings (SSSR count). The van der Waals surface area contributed by atoms with Crippen molar-refractivity contribution in [2.24, 2.45) is 5.41 Å². The van der Waals surface area contributed by atoms with E-state index in [1.807, 2.05) is 13.8 Å². The van der Waals surface area contributed by atoms with Gasteiger partial charge < -0.3 is 19.1 Å². The van der Waals surface area contributed by atoms with Crippen molar-refractivity contribution in [3.8, 4) is 17.1 Å². The number of benzene rings is 3. The molecule has 5 aromatic rings. The first kappa shape index (κ1) is 30.5. The van der Waals surface area contributed by atoms with Crippen LogP contribution in [0, 0.1) is 28.7 Å². The number of ether oxygens (including phenoxy) is 2. The molecule has 1 N–H and O–H groups in total. The summed E-state index contributed by atoms with van der Waals surface area (Å²) in [5, 5.41) is 9.78. The fourth-order valence-electron chi connectivity index (χ4n) is 5.50. The van der Waals surface area contributed by atoms with Gasteiger partial charge in [-0.15, -0.1) is 0 Å². The monoisotopic (exact) mass is 639 g/mol. The molecule has 1 atom stereocenters. The normalized spacial score (nSPS) is 15.9. The second kappa shape index (κ2) is 11.8. The summed E-state index contributed by atoms with van der Waals surface area (Å²) in [6, 6.07) is 12.9. The third-order valence-corrected chi connectivity index (χ3v) is 8.15. The molecular formula is C33H26ClF4N3O4. The molecule has 1 saturated heterocycles. The molecular weight excluding hydrogens is 614 g/mol. The third kappa shape index (κ3) is 5.97. The Hall–Kier alpha value is -4.48. The van der Waals surface area contributed by atoms with Gasteiger partial charge in [-0.2, -0.15) is 0 Å². The van der Waals surface area contributed by atoms with Crippen LogP contribution in [0.2, 0.25) is 5.02 Å². The van der Waals surface area contributed by atoms with Crippen LogP contribution in [-0.4, -0.2) is 38.8 Å². The standard InChI is InChI=1S/C33H26ClF4N3O4/c1-33(2)16-44-15-28(33)41-27-11-19(32(42)43)10-25(38)31(27)40-29(41)13-21-23(36)8-18(9-24(21)37)26-4-3-5-30(39-26)45-14-17-6-7-20(34)12-22(17)35/h3-12,28H,13-16H2,1-2H3,(H,42,43)/t28-/m1/s1. The van der Waals surface area contributed by atoms with E-state index in [1.54, 1.807) is 16.7 Å². The SMILES string of the molecule is CC1(C)COC[C@H]1n1c(Cc2c(F)cc(-c3cccc(OCc4ccc(Cl)cc4F)n3)cc2F)nc2c(F)cc(C(=O)O)cc21. The van der Waals surface area contributed by atoms with Crippen molar-refractivity contribution in [3.63, 3.8) is 0 Å². The quantitative estimate of drug-likeness (QED) is 0.175. The van der Waals surface area contributed by atoms with Gasteiger partial charge in [-0.05, 0) is 42.5 Å². The topological polar surface area (TPSA) is 86.5 Å². The molecule has 0 aliphatic carbocycles. The van der Waals surface area contributed by atoms with Gasteiger partial charge in [-0.25, -0.2) is 32.3 Å². The van der Waals surface area contributed by atoms with Crippen LogP contribution in [0.4, 0.5) is 17.6 Å². The number of hydrogen-bond donors (Lipinski definition) is 1. The van der Waals surface area contributed by atoms with Crippen molar-refractivity contribution in [1.29, 1.82) is 0 Å². The maximum atomic E-state index is 15.6. The zero-order chi connectivity index (χ0) is 32.0. The smallest absolute Gasteiger partial charge is 0.335 e. The van der Waals surface area contributed by atoms with Gasteiger partial charge in [0.25, 0.3) is 0 Å². The molecule has 7 nitrogen and oxygen atoms in total. The summed E-state index contributed by atoms with van der Waals surface area (Å²) in [4.78, 5) is 20.4. The van der Waals surface area contributed by atoms with Gasteiger partial charge in [0.1, 0.15) is 35.4 Å². The number of carbonyl (C=O) groups is 1. The van der Waals surface area contributed by atoms with Gasteiger partial charge in [-0.3, -0.25) is 0 Å². The summed E-state index contributed by atoms with van der Waals surface area (Å²) >= 11 is 5.80. The molecule has 2 aromatic heterocycles. The molecule has 1 aliphatic rings. The van der Waals surface area contributed by atoms with Crippen LogP contribution < -0.4 is 4.74 Å². The minimum atomic E-state index is -1.32. The first-order chi connectivity index (χ1) is 21.4. The van der Waals surface area contributed by atoms with Crippen molar-refractivity contribution < 1.29 is 36.9 Å². The minimum absolute atomic E-state index is 0.102. The maximum absolute atomic E-state index is 15.6. The highest BCUT2D eigenvalue weighted by Gasteiger charge is 2.39. The number of fused-ring (bicyclic) bond motifs is 1. The Kier molecular flexibility index (Phi) is 8.00. The van der Waals surface area contributed by atoms with Crippen molar-refractivity contribution in [2.75, 3.05) is 13.2 Å². The number of hydrogen-bond acceptors (Lipinski definition) is 5. The molecule has 0 amide bonds. The van der Waals surface area contributed by atoms with Crippen molar-refractivity contribution in [1.82, 2.24) is 14.5 Å². The number of rotatable bonds is 8. The van der Waals surface area contributed by atoms with E-state index in [9.17, 15) is 14.3 Å². The average Bonchev–Trinajstić information content (AvgIpc) is 3.52. The van der Waals surface area contributed by atoms with E-state index < -0.39 is 40.7 Å². The zero-order valence-electron chi connectivity index (χ0n) is 24.1. The lowest BCUT2D eigenvalue weighted by atomic mass is 9.87. The summed E-state index contributed by atoms with van der Waals surface area (Å²) in [6.45, 7) is 4.33. The molecule has 12 heteroatoms. The number of carboxylic acid groups (broad SMARTS) is 1. The van der Waals surface area contributed by atoms with Crippen LogP contribution in [0.1, 0.15) is 47.2 Å². The van der Waals surface area contributed by atoms with Gasteiger partial charge in [0.15, 0.2) is 5.82 Å². The molecule has 0 radical (unpaired) electrons. The highest BCUT2D eigenvalue weighted by atomic mass is 35.5. The second-order valence-electron chi connectivity index (χ2n) is 11.5. The van der Waals surface area contributed by atoms with Crippen molar-refractivity contribution >= 4 is 28.6 Å². The number of carboxylic acids is 1. The third-order valence-electron chi connectivity index (χ3n) is 7.92. The van der Waals surface area contributed by atoms with Gasteiger partial charge in [0.2, 0.25) is 5.88 Å².